The minimum Gasteiger partial charge on any atom is -0.492 e. The highest BCUT2D eigenvalue weighted by Crippen LogP contribution is 2.36. The van der Waals surface area contributed by atoms with E-state index in [1.807, 2.05) is 30.3 Å². The minimum absolute atomic E-state index is 0.266. The maximum Gasteiger partial charge on any atom is 0.235 e. The van der Waals surface area contributed by atoms with Crippen LogP contribution in [-0.2, 0) is 19.6 Å². The van der Waals surface area contributed by atoms with Gasteiger partial charge in [-0.1, -0.05) is 11.2 Å². The number of piperidine rings is 1. The van der Waals surface area contributed by atoms with Gasteiger partial charge in [-0.2, -0.15) is 4.31 Å². The fourth-order valence-corrected chi connectivity index (χ4v) is 5.46. The highest BCUT2D eigenvalue weighted by molar-refractivity contribution is 7.88. The average molecular weight is 487 g/mol. The summed E-state index contributed by atoms with van der Waals surface area (Å²) < 4.78 is 36.2. The van der Waals surface area contributed by atoms with Crippen LogP contribution < -0.4 is 10.1 Å². The molecule has 3 aromatic rings. The van der Waals surface area contributed by atoms with E-state index >= 15 is 0 Å². The van der Waals surface area contributed by atoms with E-state index in [1.54, 1.807) is 0 Å². The van der Waals surface area contributed by atoms with Crippen molar-refractivity contribution in [3.63, 3.8) is 0 Å². The highest BCUT2D eigenvalue weighted by atomic mass is 32.2. The molecule has 0 saturated carbocycles. The molecule has 11 heteroatoms. The van der Waals surface area contributed by atoms with Gasteiger partial charge >= 0.3 is 0 Å². The van der Waals surface area contributed by atoms with Crippen molar-refractivity contribution < 1.29 is 27.3 Å². The number of carbonyl (C=O) groups is 2. The lowest BCUT2D eigenvalue weighted by Gasteiger charge is -2.33. The van der Waals surface area contributed by atoms with Gasteiger partial charge in [-0.15, -0.1) is 0 Å². The molecule has 5 rings (SSSR count). The number of carbonyl (C=O) groups excluding carboxylic acids is 2. The molecule has 0 unspecified atom stereocenters. The Morgan fingerprint density at radius 3 is 2.68 bits per heavy atom. The number of nitrogens with zero attached hydrogens (tertiary/aromatic N) is 3. The van der Waals surface area contributed by atoms with E-state index in [2.05, 4.69) is 15.4 Å². The highest BCUT2D eigenvalue weighted by Gasteiger charge is 2.32. The molecule has 1 N–H and O–H groups in total. The molecule has 2 saturated heterocycles. The summed E-state index contributed by atoms with van der Waals surface area (Å²) in [5.41, 5.74) is 1.14. The molecule has 0 bridgehead atoms. The van der Waals surface area contributed by atoms with Crippen molar-refractivity contribution >= 4 is 43.6 Å². The molecule has 180 valence electrons. The second kappa shape index (κ2) is 8.97. The molecule has 34 heavy (non-hydrogen) atoms. The fourth-order valence-electron chi connectivity index (χ4n) is 4.63. The zero-order valence-corrected chi connectivity index (χ0v) is 19.6. The van der Waals surface area contributed by atoms with Crippen LogP contribution in [0.3, 0.4) is 0 Å². The molecule has 2 amide bonds. The third kappa shape index (κ3) is 4.50. The molecular formula is C23H26N4O6S. The minimum atomic E-state index is -3.13. The monoisotopic (exact) mass is 486 g/mol. The first kappa shape index (κ1) is 22.8. The van der Waals surface area contributed by atoms with E-state index in [-0.39, 0.29) is 18.2 Å². The van der Waals surface area contributed by atoms with Gasteiger partial charge in [0.1, 0.15) is 18.1 Å². The van der Waals surface area contributed by atoms with Crippen molar-refractivity contribution in [1.29, 1.82) is 0 Å². The van der Waals surface area contributed by atoms with Crippen molar-refractivity contribution in [2.45, 2.75) is 18.8 Å². The lowest BCUT2D eigenvalue weighted by Crippen LogP contribution is -2.49. The number of imide groups is 1. The summed E-state index contributed by atoms with van der Waals surface area (Å²) in [5, 5.41) is 9.17. The number of sulfonamides is 1. The number of hydrogen-bond donors (Lipinski definition) is 1. The predicted molar refractivity (Wildman–Crippen MR) is 125 cm³/mol. The Kier molecular flexibility index (Phi) is 6.00. The van der Waals surface area contributed by atoms with Crippen LogP contribution in [0.5, 0.6) is 5.75 Å². The number of aromatic nitrogens is 1. The summed E-state index contributed by atoms with van der Waals surface area (Å²) >= 11 is 0. The molecule has 2 aromatic carbocycles. The second-order valence-corrected chi connectivity index (χ2v) is 10.7. The average Bonchev–Trinajstić information content (AvgIpc) is 3.23. The molecule has 2 fully saturated rings. The van der Waals surface area contributed by atoms with E-state index < -0.39 is 15.9 Å². The first-order valence-corrected chi connectivity index (χ1v) is 13.1. The molecule has 0 radical (unpaired) electrons. The van der Waals surface area contributed by atoms with Crippen LogP contribution in [0, 0.1) is 0 Å². The second-order valence-electron chi connectivity index (χ2n) is 8.75. The largest absolute Gasteiger partial charge is 0.492 e. The quantitative estimate of drug-likeness (QED) is 0.520. The van der Waals surface area contributed by atoms with Gasteiger partial charge in [0.05, 0.1) is 17.6 Å². The molecule has 0 spiro atoms. The number of piperazine rings is 1. The van der Waals surface area contributed by atoms with Crippen LogP contribution in [0.1, 0.15) is 24.5 Å². The van der Waals surface area contributed by atoms with E-state index in [4.69, 9.17) is 9.26 Å². The SMILES string of the molecule is CS(=O)(=O)N1CCN(CCOc2ccc3c(ccc4onc([C@H]5CCC(=O)NC5=O)c43)c2)CC1. The van der Waals surface area contributed by atoms with Gasteiger partial charge in [-0.3, -0.25) is 19.8 Å². The molecule has 3 heterocycles. The Bertz CT molecular complexity index is 1360. The maximum absolute atomic E-state index is 12.4. The van der Waals surface area contributed by atoms with Gasteiger partial charge in [0.2, 0.25) is 21.8 Å². The van der Waals surface area contributed by atoms with Crippen LogP contribution in [0.2, 0.25) is 0 Å². The Balaban J connectivity index is 1.28. The lowest BCUT2D eigenvalue weighted by molar-refractivity contribution is -0.134. The number of fused-ring (bicyclic) bond motifs is 3. The Labute approximate surface area is 196 Å². The van der Waals surface area contributed by atoms with Crippen LogP contribution in [-0.4, -0.2) is 80.2 Å². The maximum atomic E-state index is 12.4. The Hall–Kier alpha value is -3.02. The normalized spacial score (nSPS) is 20.7. The van der Waals surface area contributed by atoms with Crippen molar-refractivity contribution in [3.8, 4) is 5.75 Å². The Morgan fingerprint density at radius 1 is 1.15 bits per heavy atom. The first-order chi connectivity index (χ1) is 16.3. The molecule has 10 nitrogen and oxygen atoms in total. The Morgan fingerprint density at radius 2 is 1.94 bits per heavy atom. The summed E-state index contributed by atoms with van der Waals surface area (Å²) in [6.45, 7) is 3.56. The summed E-state index contributed by atoms with van der Waals surface area (Å²) in [4.78, 5) is 26.1. The molecule has 1 atom stereocenters. The van der Waals surface area contributed by atoms with E-state index in [0.29, 0.717) is 57.0 Å². The van der Waals surface area contributed by atoms with Gasteiger partial charge in [-0.05, 0) is 41.5 Å². The summed E-state index contributed by atoms with van der Waals surface area (Å²) in [7, 11) is -3.13. The lowest BCUT2D eigenvalue weighted by atomic mass is 9.91. The van der Waals surface area contributed by atoms with Crippen molar-refractivity contribution in [2.24, 2.45) is 0 Å². The number of amides is 2. The van der Waals surface area contributed by atoms with Crippen molar-refractivity contribution in [2.75, 3.05) is 45.6 Å². The summed E-state index contributed by atoms with van der Waals surface area (Å²) in [6.07, 6.45) is 1.92. The molecule has 1 aromatic heterocycles. The zero-order chi connectivity index (χ0) is 23.9. The summed E-state index contributed by atoms with van der Waals surface area (Å²) in [5.74, 6) is -0.414. The summed E-state index contributed by atoms with van der Waals surface area (Å²) in [6, 6.07) is 9.51. The van der Waals surface area contributed by atoms with Crippen LogP contribution in [0.15, 0.2) is 34.9 Å². The first-order valence-electron chi connectivity index (χ1n) is 11.3. The number of rotatable bonds is 6. The zero-order valence-electron chi connectivity index (χ0n) is 18.8. The van der Waals surface area contributed by atoms with Gasteiger partial charge in [0.15, 0.2) is 5.58 Å². The van der Waals surface area contributed by atoms with E-state index in [0.717, 1.165) is 21.9 Å². The third-order valence-corrected chi connectivity index (χ3v) is 7.80. The molecule has 0 aliphatic carbocycles. The number of ether oxygens (including phenoxy) is 1. The van der Waals surface area contributed by atoms with Crippen LogP contribution >= 0.6 is 0 Å². The number of nitrogens with one attached hydrogen (secondary N) is 1. The number of benzene rings is 2. The van der Waals surface area contributed by atoms with Gasteiger partial charge in [0.25, 0.3) is 0 Å². The molecule has 2 aliphatic rings. The van der Waals surface area contributed by atoms with E-state index in [1.165, 1.54) is 10.6 Å². The van der Waals surface area contributed by atoms with E-state index in [9.17, 15) is 18.0 Å². The van der Waals surface area contributed by atoms with Gasteiger partial charge in [0, 0.05) is 39.1 Å². The van der Waals surface area contributed by atoms with Crippen molar-refractivity contribution in [3.05, 3.63) is 36.0 Å². The smallest absolute Gasteiger partial charge is 0.235 e. The topological polar surface area (TPSA) is 122 Å². The third-order valence-electron chi connectivity index (χ3n) is 6.50. The van der Waals surface area contributed by atoms with Gasteiger partial charge < -0.3 is 9.26 Å². The predicted octanol–water partition coefficient (Wildman–Crippen LogP) is 1.46. The van der Waals surface area contributed by atoms with Crippen LogP contribution in [0.25, 0.3) is 21.7 Å². The molecule has 2 aliphatic heterocycles. The van der Waals surface area contributed by atoms with Crippen LogP contribution in [0.4, 0.5) is 0 Å². The van der Waals surface area contributed by atoms with Gasteiger partial charge in [-0.25, -0.2) is 8.42 Å². The standard InChI is InChI=1S/C23H26N4O6S/c1-34(30,31)27-10-8-26(9-11-27)12-13-32-16-3-4-17-15(14-16)2-6-19-21(17)22(25-33-19)18-5-7-20(28)24-23(18)29/h2-4,6,14,18H,5,7-13H2,1H3,(H,24,28,29)/t18-/m1/s1. The number of hydrogen-bond acceptors (Lipinski definition) is 8. The fraction of sp³-hybridized carbons (Fsp3) is 0.435. The van der Waals surface area contributed by atoms with Crippen molar-refractivity contribution in [1.82, 2.24) is 19.7 Å². The molecular weight excluding hydrogens is 460 g/mol.